The maximum atomic E-state index is 11.0. The van der Waals surface area contributed by atoms with Crippen LogP contribution in [0.1, 0.15) is 0 Å². The highest BCUT2D eigenvalue weighted by Gasteiger charge is 2.10. The molecule has 1 amide bonds. The second-order valence-corrected chi connectivity index (χ2v) is 3.90. The van der Waals surface area contributed by atoms with Crippen LogP contribution in [0.2, 0.25) is 0 Å². The van der Waals surface area contributed by atoms with Crippen molar-refractivity contribution in [2.24, 2.45) is 4.99 Å². The smallest absolute Gasteiger partial charge is 0.415 e. The van der Waals surface area contributed by atoms with Crippen LogP contribution in [0.4, 0.5) is 4.79 Å². The third-order valence-corrected chi connectivity index (χ3v) is 2.46. The van der Waals surface area contributed by atoms with E-state index in [9.17, 15) is 4.79 Å². The number of nitrogens with one attached hydrogen (secondary N) is 1. The van der Waals surface area contributed by atoms with Crippen LogP contribution in [0.5, 0.6) is 0 Å². The summed E-state index contributed by atoms with van der Waals surface area (Å²) in [6, 6.07) is 0. The van der Waals surface area contributed by atoms with Crippen molar-refractivity contribution in [3.63, 3.8) is 0 Å². The molecule has 0 aromatic heterocycles. The summed E-state index contributed by atoms with van der Waals surface area (Å²) in [5.41, 5.74) is 0. The Morgan fingerprint density at radius 2 is 2.20 bits per heavy atom. The summed E-state index contributed by atoms with van der Waals surface area (Å²) in [6.07, 6.45) is 0.904. The second-order valence-electron chi connectivity index (χ2n) is 3.20. The van der Waals surface area contributed by atoms with E-state index >= 15 is 0 Å². The molecule has 15 heavy (non-hydrogen) atoms. The van der Waals surface area contributed by atoms with Gasteiger partial charge in [0, 0.05) is 26.2 Å². The topological polar surface area (TPSA) is 57.2 Å². The minimum Gasteiger partial charge on any atom is -0.415 e. The molecule has 1 aliphatic rings. The molecule has 82 valence electrons. The summed E-state index contributed by atoms with van der Waals surface area (Å²) >= 11 is 0. The van der Waals surface area contributed by atoms with Gasteiger partial charge in [0.15, 0.2) is 7.98 Å². The first-order valence-corrected chi connectivity index (χ1v) is 5.51. The lowest BCUT2D eigenvalue weighted by Gasteiger charge is -2.30. The maximum Gasteiger partial charge on any atom is 0.438 e. The summed E-state index contributed by atoms with van der Waals surface area (Å²) in [7, 11) is 6.76. The zero-order valence-corrected chi connectivity index (χ0v) is 9.64. The zero-order chi connectivity index (χ0) is 11.1. The van der Waals surface area contributed by atoms with Crippen LogP contribution in [0.15, 0.2) is 4.99 Å². The second kappa shape index (κ2) is 6.77. The van der Waals surface area contributed by atoms with Gasteiger partial charge in [0.1, 0.15) is 8.96 Å². The number of rotatable bonds is 3. The van der Waals surface area contributed by atoms with Gasteiger partial charge in [-0.25, -0.2) is 4.79 Å². The lowest BCUT2D eigenvalue weighted by molar-refractivity contribution is 0.211. The van der Waals surface area contributed by atoms with Crippen LogP contribution in [-0.2, 0) is 4.52 Å². The Hall–Kier alpha value is -0.645. The van der Waals surface area contributed by atoms with Crippen molar-refractivity contribution in [2.75, 3.05) is 33.2 Å². The number of carbonyl (C=O) groups is 1. The van der Waals surface area contributed by atoms with Crippen molar-refractivity contribution in [3.05, 3.63) is 0 Å². The van der Waals surface area contributed by atoms with E-state index in [0.717, 1.165) is 26.2 Å². The highest BCUT2D eigenvalue weighted by atomic mass is 31.1. The molecule has 8 heteroatoms. The number of amides is 1. The van der Waals surface area contributed by atoms with Crippen LogP contribution < -0.4 is 5.00 Å². The molecule has 1 rings (SSSR count). The van der Waals surface area contributed by atoms with Crippen molar-refractivity contribution in [1.29, 1.82) is 0 Å². The number of likely N-dealkylation sites (N-methyl/N-ethyl adjacent to an activating group) is 1. The molecular formula is C7H14BN4O2P. The molecule has 0 aromatic rings. The van der Waals surface area contributed by atoms with Crippen molar-refractivity contribution < 1.29 is 9.32 Å². The van der Waals surface area contributed by atoms with Crippen LogP contribution in [-0.4, -0.2) is 63.4 Å². The van der Waals surface area contributed by atoms with Crippen LogP contribution in [0.25, 0.3) is 0 Å². The van der Waals surface area contributed by atoms with Gasteiger partial charge in [0.25, 0.3) is 0 Å². The molecule has 1 heterocycles. The Labute approximate surface area is 92.4 Å². The van der Waals surface area contributed by atoms with Crippen molar-refractivity contribution >= 4 is 29.4 Å². The van der Waals surface area contributed by atoms with E-state index in [0.29, 0.717) is 0 Å². The molecular weight excluding hydrogens is 214 g/mol. The predicted octanol–water partition coefficient (Wildman–Crippen LogP) is -0.420. The number of hydrogen-bond donors (Lipinski definition) is 1. The molecule has 6 nitrogen and oxygen atoms in total. The Bertz CT molecular complexity index is 233. The third kappa shape index (κ3) is 5.11. The van der Waals surface area contributed by atoms with E-state index in [1.165, 1.54) is 6.34 Å². The molecule has 1 N–H and O–H groups in total. The largest absolute Gasteiger partial charge is 0.438 e. The summed E-state index contributed by atoms with van der Waals surface area (Å²) in [5, 5.41) is 0. The number of carbonyl (C=O) groups excluding carboxylic acids is 1. The number of aliphatic imine (C=N–C) groups is 1. The van der Waals surface area contributed by atoms with Gasteiger partial charge >= 0.3 is 6.09 Å². The van der Waals surface area contributed by atoms with Gasteiger partial charge < -0.3 is 19.3 Å². The molecule has 2 radical (unpaired) electrons. The minimum atomic E-state index is -0.620. The molecule has 0 saturated carbocycles. The quantitative estimate of drug-likeness (QED) is 0.307. The molecule has 1 aliphatic heterocycles. The lowest BCUT2D eigenvalue weighted by Crippen LogP contribution is -2.43. The summed E-state index contributed by atoms with van der Waals surface area (Å²) in [6.45, 7) is 3.72. The number of nitrogens with zero attached hydrogens (tertiary/aromatic N) is 3. The van der Waals surface area contributed by atoms with Crippen molar-refractivity contribution in [3.8, 4) is 0 Å². The number of piperazine rings is 1. The first-order chi connectivity index (χ1) is 7.22. The normalized spacial score (nSPS) is 19.1. The maximum absolute atomic E-state index is 11.0. The first kappa shape index (κ1) is 12.4. The molecule has 0 bridgehead atoms. The van der Waals surface area contributed by atoms with Gasteiger partial charge in [0.2, 0.25) is 0 Å². The molecule has 1 unspecified atom stereocenters. The molecule has 0 spiro atoms. The summed E-state index contributed by atoms with van der Waals surface area (Å²) < 4.78 is 4.62. The monoisotopic (exact) mass is 228 g/mol. The van der Waals surface area contributed by atoms with Crippen LogP contribution in [0.3, 0.4) is 0 Å². The van der Waals surface area contributed by atoms with E-state index in [2.05, 4.69) is 26.5 Å². The molecule has 0 aliphatic carbocycles. The molecule has 1 saturated heterocycles. The Morgan fingerprint density at radius 3 is 2.80 bits per heavy atom. The van der Waals surface area contributed by atoms with Gasteiger partial charge in [-0.15, -0.1) is 0 Å². The SMILES string of the molecule is [B]NPOC(=O)N=CN1CCN(C)CC1. The third-order valence-electron chi connectivity index (χ3n) is 2.06. The highest BCUT2D eigenvalue weighted by Crippen LogP contribution is 2.04. The van der Waals surface area contributed by atoms with Crippen LogP contribution >= 0.6 is 8.96 Å². The van der Waals surface area contributed by atoms with E-state index in [1.54, 1.807) is 0 Å². The molecule has 0 aromatic carbocycles. The average molecular weight is 228 g/mol. The Kier molecular flexibility index (Phi) is 5.61. The predicted molar refractivity (Wildman–Crippen MR) is 61.2 cm³/mol. The lowest BCUT2D eigenvalue weighted by atomic mass is 10.4. The van der Waals surface area contributed by atoms with Gasteiger partial charge in [-0.3, -0.25) is 0 Å². The van der Waals surface area contributed by atoms with Gasteiger partial charge in [-0.2, -0.15) is 4.99 Å². The van der Waals surface area contributed by atoms with Gasteiger partial charge in [0.05, 0.1) is 6.34 Å². The minimum absolute atomic E-state index is 0.252. The number of hydrogen-bond acceptors (Lipinski definition) is 4. The van der Waals surface area contributed by atoms with E-state index in [-0.39, 0.29) is 8.96 Å². The Balaban J connectivity index is 2.22. The molecule has 1 fully saturated rings. The first-order valence-electron chi connectivity index (χ1n) is 4.60. The molecule has 1 atom stereocenters. The van der Waals surface area contributed by atoms with Crippen molar-refractivity contribution in [1.82, 2.24) is 14.8 Å². The van der Waals surface area contributed by atoms with Crippen LogP contribution in [0, 0.1) is 0 Å². The highest BCUT2D eigenvalue weighted by molar-refractivity contribution is 7.32. The summed E-state index contributed by atoms with van der Waals surface area (Å²) in [4.78, 5) is 21.1. The average Bonchev–Trinajstić information content (AvgIpc) is 2.25. The van der Waals surface area contributed by atoms with E-state index < -0.39 is 6.09 Å². The van der Waals surface area contributed by atoms with E-state index in [4.69, 9.17) is 7.98 Å². The Morgan fingerprint density at radius 1 is 1.53 bits per heavy atom. The fourth-order valence-corrected chi connectivity index (χ4v) is 1.36. The van der Waals surface area contributed by atoms with E-state index in [1.807, 2.05) is 4.90 Å². The fourth-order valence-electron chi connectivity index (χ4n) is 1.17. The summed E-state index contributed by atoms with van der Waals surface area (Å²) in [5.74, 6) is 0. The van der Waals surface area contributed by atoms with Crippen molar-refractivity contribution in [2.45, 2.75) is 0 Å². The standard InChI is InChI=1S/C7H14BN4O2P/c1-11-2-4-12(5-3-11)6-9-7(13)14-15-10-8/h6,10,15H,2-5H2,1H3. The van der Waals surface area contributed by atoms with Gasteiger partial charge in [-0.1, -0.05) is 0 Å². The fraction of sp³-hybridized carbons (Fsp3) is 0.714. The zero-order valence-electron chi connectivity index (χ0n) is 8.64. The van der Waals surface area contributed by atoms with Gasteiger partial charge in [-0.05, 0) is 7.05 Å².